The molecule has 2 aromatic rings. The summed E-state index contributed by atoms with van der Waals surface area (Å²) >= 11 is 0. The van der Waals surface area contributed by atoms with E-state index in [-0.39, 0.29) is 6.10 Å². The second-order valence-corrected chi connectivity index (χ2v) is 7.03. The summed E-state index contributed by atoms with van der Waals surface area (Å²) < 4.78 is 0. The molecule has 1 fully saturated rings. The van der Waals surface area contributed by atoms with Gasteiger partial charge in [-0.3, -0.25) is 5.26 Å². The SMILES string of the molecule is Cc1ccc(-c2ccc(C(OO)C3CCC(C)CC3)cc2)cc1. The summed E-state index contributed by atoms with van der Waals surface area (Å²) in [5.41, 5.74) is 4.76. The molecule has 1 unspecified atom stereocenters. The molecule has 1 aliphatic rings. The van der Waals surface area contributed by atoms with E-state index in [1.54, 1.807) is 0 Å². The molecular formula is C21H26O2. The van der Waals surface area contributed by atoms with Crippen molar-refractivity contribution in [1.29, 1.82) is 0 Å². The maximum absolute atomic E-state index is 9.41. The van der Waals surface area contributed by atoms with E-state index in [1.807, 2.05) is 0 Å². The molecule has 122 valence electrons. The first-order valence-electron chi connectivity index (χ1n) is 8.64. The fourth-order valence-electron chi connectivity index (χ4n) is 3.62. The van der Waals surface area contributed by atoms with Crippen LogP contribution < -0.4 is 0 Å². The maximum Gasteiger partial charge on any atom is 0.120 e. The first-order chi connectivity index (χ1) is 11.2. The number of aryl methyl sites for hydroxylation is 1. The molecule has 0 spiro atoms. The van der Waals surface area contributed by atoms with Crippen LogP contribution in [-0.4, -0.2) is 5.26 Å². The second-order valence-electron chi connectivity index (χ2n) is 7.03. The van der Waals surface area contributed by atoms with Crippen LogP contribution in [-0.2, 0) is 4.89 Å². The van der Waals surface area contributed by atoms with E-state index in [9.17, 15) is 5.26 Å². The van der Waals surface area contributed by atoms with Gasteiger partial charge >= 0.3 is 0 Å². The van der Waals surface area contributed by atoms with Gasteiger partial charge in [0.2, 0.25) is 0 Å². The Morgan fingerprint density at radius 2 is 1.39 bits per heavy atom. The molecular weight excluding hydrogens is 284 g/mol. The molecule has 0 heterocycles. The van der Waals surface area contributed by atoms with Crippen LogP contribution in [0.25, 0.3) is 11.1 Å². The summed E-state index contributed by atoms with van der Waals surface area (Å²) in [7, 11) is 0. The minimum absolute atomic E-state index is 0.199. The third kappa shape index (κ3) is 3.82. The molecule has 0 saturated heterocycles. The van der Waals surface area contributed by atoms with Crippen molar-refractivity contribution in [3.8, 4) is 11.1 Å². The third-order valence-corrected chi connectivity index (χ3v) is 5.23. The Bertz CT molecular complexity index is 607. The van der Waals surface area contributed by atoms with Crippen LogP contribution in [0.5, 0.6) is 0 Å². The van der Waals surface area contributed by atoms with Gasteiger partial charge in [-0.25, -0.2) is 4.89 Å². The lowest BCUT2D eigenvalue weighted by molar-refractivity contribution is -0.296. The van der Waals surface area contributed by atoms with Crippen molar-refractivity contribution >= 4 is 0 Å². The van der Waals surface area contributed by atoms with E-state index in [4.69, 9.17) is 4.89 Å². The van der Waals surface area contributed by atoms with E-state index in [2.05, 4.69) is 62.4 Å². The van der Waals surface area contributed by atoms with Gasteiger partial charge < -0.3 is 0 Å². The molecule has 1 N–H and O–H groups in total. The summed E-state index contributed by atoms with van der Waals surface area (Å²) in [6, 6.07) is 17.0. The topological polar surface area (TPSA) is 29.5 Å². The quantitative estimate of drug-likeness (QED) is 0.553. The Balaban J connectivity index is 1.76. The predicted octanol–water partition coefficient (Wildman–Crippen LogP) is 6.02. The highest BCUT2D eigenvalue weighted by atomic mass is 17.1. The lowest BCUT2D eigenvalue weighted by Crippen LogP contribution is -2.21. The minimum atomic E-state index is -0.199. The van der Waals surface area contributed by atoms with E-state index in [0.29, 0.717) is 5.92 Å². The van der Waals surface area contributed by atoms with E-state index >= 15 is 0 Å². The summed E-state index contributed by atoms with van der Waals surface area (Å²) in [6.45, 7) is 4.41. The van der Waals surface area contributed by atoms with Crippen molar-refractivity contribution in [2.75, 3.05) is 0 Å². The number of benzene rings is 2. The van der Waals surface area contributed by atoms with Gasteiger partial charge in [0.25, 0.3) is 0 Å². The van der Waals surface area contributed by atoms with Crippen molar-refractivity contribution in [1.82, 2.24) is 0 Å². The van der Waals surface area contributed by atoms with Gasteiger partial charge in [-0.1, -0.05) is 73.9 Å². The fraction of sp³-hybridized carbons (Fsp3) is 0.429. The zero-order chi connectivity index (χ0) is 16.2. The van der Waals surface area contributed by atoms with Gasteiger partial charge in [-0.15, -0.1) is 0 Å². The maximum atomic E-state index is 9.41. The molecule has 0 bridgehead atoms. The normalized spacial score (nSPS) is 22.7. The lowest BCUT2D eigenvalue weighted by atomic mass is 9.78. The summed E-state index contributed by atoms with van der Waals surface area (Å²) in [5.74, 6) is 1.22. The van der Waals surface area contributed by atoms with Crippen LogP contribution in [0.1, 0.15) is 49.8 Å². The van der Waals surface area contributed by atoms with Gasteiger partial charge in [0.1, 0.15) is 6.10 Å². The van der Waals surface area contributed by atoms with E-state index in [1.165, 1.54) is 29.5 Å². The number of rotatable bonds is 4. The Kier molecular flexibility index (Phi) is 5.14. The Morgan fingerprint density at radius 1 is 0.870 bits per heavy atom. The Labute approximate surface area is 139 Å². The molecule has 2 nitrogen and oxygen atoms in total. The van der Waals surface area contributed by atoms with Crippen LogP contribution >= 0.6 is 0 Å². The second kappa shape index (κ2) is 7.29. The standard InChI is InChI=1S/C21H26O2/c1-15-3-7-17(8-4-15)18-11-13-20(14-12-18)21(23-22)19-9-5-16(2)6-10-19/h3-4,7-8,11-14,16,19,21-22H,5-6,9-10H2,1-2H3. The largest absolute Gasteiger partial charge is 0.251 e. The molecule has 0 radical (unpaired) electrons. The van der Waals surface area contributed by atoms with Crippen LogP contribution in [0.4, 0.5) is 0 Å². The zero-order valence-electron chi connectivity index (χ0n) is 14.0. The van der Waals surface area contributed by atoms with Crippen LogP contribution in [0.3, 0.4) is 0 Å². The average Bonchev–Trinajstić information content (AvgIpc) is 2.59. The molecule has 1 saturated carbocycles. The van der Waals surface area contributed by atoms with Crippen molar-refractivity contribution in [2.24, 2.45) is 11.8 Å². The molecule has 0 amide bonds. The van der Waals surface area contributed by atoms with E-state index < -0.39 is 0 Å². The van der Waals surface area contributed by atoms with Gasteiger partial charge in [0.05, 0.1) is 0 Å². The molecule has 2 heteroatoms. The third-order valence-electron chi connectivity index (χ3n) is 5.23. The highest BCUT2D eigenvalue weighted by Crippen LogP contribution is 2.38. The minimum Gasteiger partial charge on any atom is -0.251 e. The smallest absolute Gasteiger partial charge is 0.120 e. The van der Waals surface area contributed by atoms with E-state index in [0.717, 1.165) is 24.3 Å². The van der Waals surface area contributed by atoms with Crippen molar-refractivity contribution in [2.45, 2.75) is 45.6 Å². The molecule has 1 aliphatic carbocycles. The van der Waals surface area contributed by atoms with Gasteiger partial charge in [0.15, 0.2) is 0 Å². The lowest BCUT2D eigenvalue weighted by Gasteiger charge is -2.31. The van der Waals surface area contributed by atoms with Crippen molar-refractivity contribution in [3.63, 3.8) is 0 Å². The van der Waals surface area contributed by atoms with Gasteiger partial charge in [-0.05, 0) is 48.3 Å². The summed E-state index contributed by atoms with van der Waals surface area (Å²) in [6.07, 6.45) is 4.52. The fourth-order valence-corrected chi connectivity index (χ4v) is 3.62. The Morgan fingerprint density at radius 3 is 1.91 bits per heavy atom. The highest BCUT2D eigenvalue weighted by molar-refractivity contribution is 5.64. The molecule has 2 aromatic carbocycles. The first kappa shape index (κ1) is 16.2. The van der Waals surface area contributed by atoms with Gasteiger partial charge in [0, 0.05) is 0 Å². The zero-order valence-corrected chi connectivity index (χ0v) is 14.0. The molecule has 1 atom stereocenters. The van der Waals surface area contributed by atoms with Crippen LogP contribution in [0, 0.1) is 18.8 Å². The molecule has 0 aromatic heterocycles. The molecule has 0 aliphatic heterocycles. The predicted molar refractivity (Wildman–Crippen MR) is 94.2 cm³/mol. The first-order valence-corrected chi connectivity index (χ1v) is 8.64. The number of hydrogen-bond acceptors (Lipinski definition) is 2. The highest BCUT2D eigenvalue weighted by Gasteiger charge is 2.28. The summed E-state index contributed by atoms with van der Waals surface area (Å²) in [5, 5.41) is 9.41. The molecule has 23 heavy (non-hydrogen) atoms. The Hall–Kier alpha value is -1.64. The van der Waals surface area contributed by atoms with Crippen LogP contribution in [0.2, 0.25) is 0 Å². The summed E-state index contributed by atoms with van der Waals surface area (Å²) in [4.78, 5) is 4.87. The number of hydrogen-bond donors (Lipinski definition) is 1. The monoisotopic (exact) mass is 310 g/mol. The average molecular weight is 310 g/mol. The van der Waals surface area contributed by atoms with Gasteiger partial charge in [-0.2, -0.15) is 0 Å². The molecule has 3 rings (SSSR count). The van der Waals surface area contributed by atoms with Crippen molar-refractivity contribution in [3.05, 3.63) is 59.7 Å². The van der Waals surface area contributed by atoms with Crippen molar-refractivity contribution < 1.29 is 10.1 Å². The van der Waals surface area contributed by atoms with Crippen LogP contribution in [0.15, 0.2) is 48.5 Å².